The largest absolute Gasteiger partial charge is 0.320 e. The van der Waals surface area contributed by atoms with Gasteiger partial charge in [-0.15, -0.1) is 11.3 Å². The Bertz CT molecular complexity index is 1180. The highest BCUT2D eigenvalue weighted by molar-refractivity contribution is 7.82. The maximum absolute atomic E-state index is 12.5. The zero-order valence-corrected chi connectivity index (χ0v) is 15.7. The Morgan fingerprint density at radius 2 is 2.07 bits per heavy atom. The summed E-state index contributed by atoms with van der Waals surface area (Å²) < 4.78 is 11.5. The van der Waals surface area contributed by atoms with Gasteiger partial charge in [-0.2, -0.15) is 5.10 Å². The van der Waals surface area contributed by atoms with Crippen LogP contribution in [0.5, 0.6) is 0 Å². The van der Waals surface area contributed by atoms with Gasteiger partial charge in [-0.05, 0) is 30.7 Å². The van der Waals surface area contributed by atoms with Gasteiger partial charge in [0.15, 0.2) is 0 Å². The molecule has 1 unspecified atom stereocenters. The second-order valence-electron chi connectivity index (χ2n) is 5.77. The third kappa shape index (κ3) is 3.50. The Balaban J connectivity index is 1.77. The minimum Gasteiger partial charge on any atom is -0.320 e. The van der Waals surface area contributed by atoms with Crippen molar-refractivity contribution >= 4 is 44.8 Å². The summed E-state index contributed by atoms with van der Waals surface area (Å²) in [6, 6.07) is 5.40. The highest BCUT2D eigenvalue weighted by atomic mass is 32.2. The number of aromatic amines is 1. The molecule has 3 aromatic heterocycles. The molecule has 0 saturated carbocycles. The van der Waals surface area contributed by atoms with Crippen LogP contribution in [0.15, 0.2) is 47.1 Å². The molecule has 10 heteroatoms. The van der Waals surface area contributed by atoms with E-state index in [-0.39, 0.29) is 5.91 Å². The number of aryl methyl sites for hydroxylation is 1. The third-order valence-corrected chi connectivity index (χ3v) is 5.40. The number of nitrogens with one attached hydrogen (secondary N) is 2. The number of nitrogens with two attached hydrogens (primary N) is 1. The van der Waals surface area contributed by atoms with Crippen LogP contribution in [-0.2, 0) is 11.0 Å². The predicted octanol–water partition coefficient (Wildman–Crippen LogP) is 2.62. The Morgan fingerprint density at radius 3 is 2.81 bits per heavy atom. The van der Waals surface area contributed by atoms with E-state index in [0.29, 0.717) is 16.3 Å². The fourth-order valence-electron chi connectivity index (χ4n) is 2.66. The molecule has 4 N–H and O–H groups in total. The summed E-state index contributed by atoms with van der Waals surface area (Å²) in [7, 11) is -1.63. The Kier molecular flexibility index (Phi) is 4.52. The molecule has 0 aliphatic carbocycles. The van der Waals surface area contributed by atoms with Gasteiger partial charge in [0.2, 0.25) is 0 Å². The molecule has 4 rings (SSSR count). The lowest BCUT2D eigenvalue weighted by Crippen LogP contribution is -2.12. The Hall–Kier alpha value is -2.95. The van der Waals surface area contributed by atoms with Crippen molar-refractivity contribution < 1.29 is 9.00 Å². The van der Waals surface area contributed by atoms with Crippen LogP contribution in [0, 0.1) is 6.92 Å². The predicted molar refractivity (Wildman–Crippen MR) is 105 cm³/mol. The number of rotatable bonds is 4. The zero-order valence-electron chi connectivity index (χ0n) is 14.1. The highest BCUT2D eigenvalue weighted by Crippen LogP contribution is 2.30. The van der Waals surface area contributed by atoms with Crippen molar-refractivity contribution in [2.24, 2.45) is 5.14 Å². The van der Waals surface area contributed by atoms with Crippen molar-refractivity contribution in [1.29, 1.82) is 0 Å². The molecular formula is C17H14N6O2S2. The normalized spacial score (nSPS) is 12.2. The smallest absolute Gasteiger partial charge is 0.275 e. The maximum atomic E-state index is 12.5. The SMILES string of the molecule is Cc1nc(C(=O)Nc2cc(-c3cncc(S(N)=O)c3)cc3[nH]ncc23)cs1. The second kappa shape index (κ2) is 6.99. The van der Waals surface area contributed by atoms with E-state index >= 15 is 0 Å². The Morgan fingerprint density at radius 1 is 1.22 bits per heavy atom. The topological polar surface area (TPSA) is 127 Å². The lowest BCUT2D eigenvalue weighted by atomic mass is 10.0. The monoisotopic (exact) mass is 398 g/mol. The van der Waals surface area contributed by atoms with Crippen molar-refractivity contribution in [3.63, 3.8) is 0 Å². The number of anilines is 1. The van der Waals surface area contributed by atoms with Crippen LogP contribution in [0.25, 0.3) is 22.0 Å². The molecule has 4 aromatic rings. The van der Waals surface area contributed by atoms with Crippen LogP contribution in [0.4, 0.5) is 5.69 Å². The number of fused-ring (bicyclic) bond motifs is 1. The first-order valence-corrected chi connectivity index (χ1v) is 9.93. The lowest BCUT2D eigenvalue weighted by molar-refractivity contribution is 0.102. The van der Waals surface area contributed by atoms with Crippen molar-refractivity contribution in [2.45, 2.75) is 11.8 Å². The number of amides is 1. The van der Waals surface area contributed by atoms with Gasteiger partial charge in [-0.3, -0.25) is 14.9 Å². The molecule has 1 amide bonds. The number of nitrogens with zero attached hydrogens (tertiary/aromatic N) is 3. The van der Waals surface area contributed by atoms with Crippen molar-refractivity contribution in [2.75, 3.05) is 5.32 Å². The fraction of sp³-hybridized carbons (Fsp3) is 0.0588. The van der Waals surface area contributed by atoms with E-state index in [9.17, 15) is 9.00 Å². The summed E-state index contributed by atoms with van der Waals surface area (Å²) >= 11 is 1.41. The van der Waals surface area contributed by atoms with E-state index in [4.69, 9.17) is 5.14 Å². The number of benzene rings is 1. The molecule has 0 spiro atoms. The average molecular weight is 398 g/mol. The molecule has 0 fully saturated rings. The van der Waals surface area contributed by atoms with Crippen LogP contribution in [0.1, 0.15) is 15.5 Å². The molecule has 0 saturated heterocycles. The van der Waals surface area contributed by atoms with Gasteiger partial charge >= 0.3 is 0 Å². The zero-order chi connectivity index (χ0) is 19.0. The third-order valence-electron chi connectivity index (χ3n) is 3.94. The standard InChI is InChI=1S/C17H14N6O2S2/c1-9-21-16(8-26-9)17(24)22-14-3-10(4-15-13(14)7-20-23-15)11-2-12(27(18)25)6-19-5-11/h2-8H,18H2,1H3,(H,20,23)(H,22,24). The van der Waals surface area contributed by atoms with Crippen LogP contribution in [-0.4, -0.2) is 30.3 Å². The highest BCUT2D eigenvalue weighted by Gasteiger charge is 2.14. The van der Waals surface area contributed by atoms with Crippen LogP contribution < -0.4 is 10.5 Å². The number of H-pyrrole nitrogens is 1. The molecular weight excluding hydrogens is 384 g/mol. The molecule has 1 aromatic carbocycles. The minimum atomic E-state index is -1.63. The summed E-state index contributed by atoms with van der Waals surface area (Å²) in [5.41, 5.74) is 3.20. The summed E-state index contributed by atoms with van der Waals surface area (Å²) in [4.78, 5) is 21.2. The molecule has 0 bridgehead atoms. The van der Waals surface area contributed by atoms with Crippen LogP contribution in [0.2, 0.25) is 0 Å². The first-order chi connectivity index (χ1) is 13.0. The van der Waals surface area contributed by atoms with Gasteiger partial charge in [0, 0.05) is 28.7 Å². The van der Waals surface area contributed by atoms with E-state index < -0.39 is 11.0 Å². The number of hydrogen-bond donors (Lipinski definition) is 3. The fourth-order valence-corrected chi connectivity index (χ4v) is 3.66. The molecule has 0 aliphatic rings. The number of hydrogen-bond acceptors (Lipinski definition) is 6. The first kappa shape index (κ1) is 17.5. The number of thiazole rings is 1. The minimum absolute atomic E-state index is 0.297. The molecule has 1 atom stereocenters. The summed E-state index contributed by atoms with van der Waals surface area (Å²) in [6.45, 7) is 1.84. The molecule has 136 valence electrons. The summed E-state index contributed by atoms with van der Waals surface area (Å²) in [5, 5.41) is 18.6. The Labute approximate surface area is 160 Å². The van der Waals surface area contributed by atoms with E-state index in [0.717, 1.165) is 27.0 Å². The van der Waals surface area contributed by atoms with Crippen LogP contribution >= 0.6 is 11.3 Å². The van der Waals surface area contributed by atoms with Crippen molar-refractivity contribution in [3.8, 4) is 11.1 Å². The molecule has 0 aliphatic heterocycles. The summed E-state index contributed by atoms with van der Waals surface area (Å²) in [5.74, 6) is -0.297. The van der Waals surface area contributed by atoms with Crippen molar-refractivity contribution in [1.82, 2.24) is 20.2 Å². The van der Waals surface area contributed by atoms with Gasteiger partial charge in [0.1, 0.15) is 16.7 Å². The van der Waals surface area contributed by atoms with E-state index in [2.05, 4.69) is 25.5 Å². The van der Waals surface area contributed by atoms with Gasteiger partial charge < -0.3 is 5.32 Å². The summed E-state index contributed by atoms with van der Waals surface area (Å²) in [6.07, 6.45) is 4.75. The number of pyridine rings is 1. The quantitative estimate of drug-likeness (QED) is 0.487. The van der Waals surface area contributed by atoms with Crippen molar-refractivity contribution in [3.05, 3.63) is 52.9 Å². The van der Waals surface area contributed by atoms with Crippen LogP contribution in [0.3, 0.4) is 0 Å². The number of aromatic nitrogens is 4. The molecule has 27 heavy (non-hydrogen) atoms. The van der Waals surface area contributed by atoms with Gasteiger partial charge in [-0.1, -0.05) is 0 Å². The maximum Gasteiger partial charge on any atom is 0.275 e. The van der Waals surface area contributed by atoms with E-state index in [1.807, 2.05) is 19.1 Å². The number of carbonyl (C=O) groups is 1. The molecule has 0 radical (unpaired) electrons. The molecule has 8 nitrogen and oxygen atoms in total. The van der Waals surface area contributed by atoms with Gasteiger partial charge in [0.05, 0.1) is 27.3 Å². The van der Waals surface area contributed by atoms with E-state index in [1.54, 1.807) is 23.8 Å². The van der Waals surface area contributed by atoms with Gasteiger partial charge in [0.25, 0.3) is 5.91 Å². The lowest BCUT2D eigenvalue weighted by Gasteiger charge is -2.09. The first-order valence-electron chi connectivity index (χ1n) is 7.83. The van der Waals surface area contributed by atoms with E-state index in [1.165, 1.54) is 17.5 Å². The average Bonchev–Trinajstić information content (AvgIpc) is 3.30. The molecule has 3 heterocycles. The second-order valence-corrected chi connectivity index (χ2v) is 7.90. The number of carbonyl (C=O) groups excluding carboxylic acids is 1. The van der Waals surface area contributed by atoms with Gasteiger partial charge in [-0.25, -0.2) is 14.3 Å².